The van der Waals surface area contributed by atoms with E-state index in [0.717, 1.165) is 32.1 Å². The average Bonchev–Trinajstić information content (AvgIpc) is 2.82. The zero-order chi connectivity index (χ0) is 11.8. The zero-order valence-corrected chi connectivity index (χ0v) is 9.56. The highest BCUT2D eigenvalue weighted by atomic mass is 16.5. The molecule has 0 aromatic carbocycles. The Bertz CT molecular complexity index is 427. The van der Waals surface area contributed by atoms with Crippen LogP contribution >= 0.6 is 0 Å². The monoisotopic (exact) mass is 236 g/mol. The normalized spacial score (nSPS) is 28.3. The molecule has 0 radical (unpaired) electrons. The van der Waals surface area contributed by atoms with E-state index < -0.39 is 0 Å². The third kappa shape index (κ3) is 2.17. The molecule has 6 nitrogen and oxygen atoms in total. The zero-order valence-electron chi connectivity index (χ0n) is 9.56. The molecule has 0 aliphatic heterocycles. The van der Waals surface area contributed by atoms with Gasteiger partial charge >= 0.3 is 0 Å². The molecule has 1 aromatic rings. The van der Waals surface area contributed by atoms with Crippen molar-refractivity contribution in [2.24, 2.45) is 5.73 Å². The molecular weight excluding hydrogens is 220 g/mol. The Morgan fingerprint density at radius 2 is 2.18 bits per heavy atom. The van der Waals surface area contributed by atoms with Gasteiger partial charge in [0.2, 0.25) is 5.89 Å². The van der Waals surface area contributed by atoms with Gasteiger partial charge in [0.15, 0.2) is 0 Å². The summed E-state index contributed by atoms with van der Waals surface area (Å²) >= 11 is 0. The second kappa shape index (κ2) is 4.10. The molecular formula is C11H16N4O2. The van der Waals surface area contributed by atoms with Crippen LogP contribution in [0.2, 0.25) is 0 Å². The maximum absolute atomic E-state index is 11.7. The fourth-order valence-corrected chi connectivity index (χ4v) is 2.25. The van der Waals surface area contributed by atoms with Gasteiger partial charge in [0, 0.05) is 12.1 Å². The molecule has 6 heteroatoms. The smallest absolute Gasteiger partial charge is 0.292 e. The minimum atomic E-state index is -0.242. The third-order valence-corrected chi connectivity index (χ3v) is 3.44. The molecule has 3 rings (SSSR count). The van der Waals surface area contributed by atoms with E-state index in [9.17, 15) is 4.79 Å². The molecule has 1 heterocycles. The van der Waals surface area contributed by atoms with E-state index in [2.05, 4.69) is 15.5 Å². The number of carbonyl (C=O) groups is 1. The van der Waals surface area contributed by atoms with Crippen LogP contribution in [0.3, 0.4) is 0 Å². The molecule has 0 bridgehead atoms. The lowest BCUT2D eigenvalue weighted by Crippen LogP contribution is -2.27. The number of hydrogen-bond donors (Lipinski definition) is 2. The molecule has 92 valence electrons. The van der Waals surface area contributed by atoms with Crippen molar-refractivity contribution in [1.29, 1.82) is 0 Å². The summed E-state index contributed by atoms with van der Waals surface area (Å²) in [6.45, 7) is 0. The topological polar surface area (TPSA) is 94.0 Å². The van der Waals surface area contributed by atoms with Gasteiger partial charge in [0.25, 0.3) is 11.7 Å². The van der Waals surface area contributed by atoms with Gasteiger partial charge < -0.3 is 15.6 Å². The summed E-state index contributed by atoms with van der Waals surface area (Å²) in [6.07, 6.45) is 5.12. The minimum absolute atomic E-state index is 0.0785. The quantitative estimate of drug-likeness (QED) is 0.799. The molecule has 2 atom stereocenters. The van der Waals surface area contributed by atoms with Gasteiger partial charge in [-0.3, -0.25) is 4.79 Å². The lowest BCUT2D eigenvalue weighted by atomic mass is 10.1. The van der Waals surface area contributed by atoms with E-state index in [4.69, 9.17) is 10.3 Å². The Balaban J connectivity index is 1.70. The fraction of sp³-hybridized carbons (Fsp3) is 0.727. The predicted octanol–water partition coefficient (Wildman–Crippen LogP) is 0.557. The SMILES string of the molecule is NC1CCCC1c1nc(C(=O)NC2CC2)no1. The van der Waals surface area contributed by atoms with Gasteiger partial charge in [-0.25, -0.2) is 0 Å². The Kier molecular flexibility index (Phi) is 2.58. The second-order valence-corrected chi connectivity index (χ2v) is 4.91. The number of aromatic nitrogens is 2. The van der Waals surface area contributed by atoms with Crippen molar-refractivity contribution in [3.63, 3.8) is 0 Å². The Labute approximate surface area is 98.9 Å². The first-order valence-corrected chi connectivity index (χ1v) is 6.14. The van der Waals surface area contributed by atoms with Gasteiger partial charge in [-0.2, -0.15) is 4.98 Å². The number of rotatable bonds is 3. The van der Waals surface area contributed by atoms with E-state index in [1.807, 2.05) is 0 Å². The average molecular weight is 236 g/mol. The molecule has 2 aliphatic rings. The van der Waals surface area contributed by atoms with Crippen LogP contribution in [-0.2, 0) is 0 Å². The van der Waals surface area contributed by atoms with Crippen LogP contribution in [0.25, 0.3) is 0 Å². The first-order valence-electron chi connectivity index (χ1n) is 6.14. The summed E-state index contributed by atoms with van der Waals surface area (Å²) in [7, 11) is 0. The van der Waals surface area contributed by atoms with Gasteiger partial charge in [0.1, 0.15) is 0 Å². The van der Waals surface area contributed by atoms with E-state index in [1.54, 1.807) is 0 Å². The molecule has 17 heavy (non-hydrogen) atoms. The number of nitrogens with two attached hydrogens (primary N) is 1. The predicted molar refractivity (Wildman–Crippen MR) is 59.4 cm³/mol. The highest BCUT2D eigenvalue weighted by Gasteiger charge is 2.32. The molecule has 2 unspecified atom stereocenters. The number of amides is 1. The fourth-order valence-electron chi connectivity index (χ4n) is 2.25. The van der Waals surface area contributed by atoms with Crippen LogP contribution < -0.4 is 11.1 Å². The van der Waals surface area contributed by atoms with Crippen LogP contribution in [0, 0.1) is 0 Å². The summed E-state index contributed by atoms with van der Waals surface area (Å²) < 4.78 is 5.14. The standard InChI is InChI=1S/C11H16N4O2/c12-8-3-1-2-7(8)11-14-9(15-17-11)10(16)13-6-4-5-6/h6-8H,1-5,12H2,(H,13,16). The first kappa shape index (κ1) is 10.7. The van der Waals surface area contributed by atoms with Gasteiger partial charge in [-0.15, -0.1) is 0 Å². The van der Waals surface area contributed by atoms with Crippen molar-refractivity contribution in [2.75, 3.05) is 0 Å². The second-order valence-electron chi connectivity index (χ2n) is 4.91. The van der Waals surface area contributed by atoms with Crippen LogP contribution in [0.4, 0.5) is 0 Å². The summed E-state index contributed by atoms with van der Waals surface area (Å²) in [5.41, 5.74) is 5.96. The number of nitrogens with one attached hydrogen (secondary N) is 1. The van der Waals surface area contributed by atoms with E-state index in [1.165, 1.54) is 0 Å². The molecule has 2 saturated carbocycles. The van der Waals surface area contributed by atoms with Crippen molar-refractivity contribution in [1.82, 2.24) is 15.5 Å². The largest absolute Gasteiger partial charge is 0.346 e. The maximum atomic E-state index is 11.7. The lowest BCUT2D eigenvalue weighted by molar-refractivity contribution is 0.0937. The van der Waals surface area contributed by atoms with Crippen LogP contribution in [0.1, 0.15) is 54.5 Å². The summed E-state index contributed by atoms with van der Waals surface area (Å²) in [5, 5.41) is 6.55. The van der Waals surface area contributed by atoms with Crippen LogP contribution in [0.5, 0.6) is 0 Å². The van der Waals surface area contributed by atoms with E-state index in [0.29, 0.717) is 11.9 Å². The van der Waals surface area contributed by atoms with Crippen molar-refractivity contribution >= 4 is 5.91 Å². The molecule has 0 saturated heterocycles. The summed E-state index contributed by atoms with van der Waals surface area (Å²) in [4.78, 5) is 15.8. The van der Waals surface area contributed by atoms with E-state index >= 15 is 0 Å². The number of hydrogen-bond acceptors (Lipinski definition) is 5. The molecule has 2 aliphatic carbocycles. The number of nitrogens with zero attached hydrogens (tertiary/aromatic N) is 2. The molecule has 3 N–H and O–H groups in total. The van der Waals surface area contributed by atoms with Gasteiger partial charge in [-0.05, 0) is 25.7 Å². The van der Waals surface area contributed by atoms with E-state index in [-0.39, 0.29) is 23.7 Å². The lowest BCUT2D eigenvalue weighted by Gasteiger charge is -2.08. The van der Waals surface area contributed by atoms with Crippen molar-refractivity contribution in [3.05, 3.63) is 11.7 Å². The van der Waals surface area contributed by atoms with Crippen molar-refractivity contribution in [3.8, 4) is 0 Å². The first-order chi connectivity index (χ1) is 8.24. The summed E-state index contributed by atoms with van der Waals surface area (Å²) in [5.74, 6) is 0.515. The van der Waals surface area contributed by atoms with Crippen molar-refractivity contribution in [2.45, 2.75) is 50.1 Å². The molecule has 1 aromatic heterocycles. The van der Waals surface area contributed by atoms with Crippen molar-refractivity contribution < 1.29 is 9.32 Å². The van der Waals surface area contributed by atoms with Gasteiger partial charge in [-0.1, -0.05) is 11.6 Å². The minimum Gasteiger partial charge on any atom is -0.346 e. The molecule has 0 spiro atoms. The Hall–Kier alpha value is -1.43. The highest BCUT2D eigenvalue weighted by molar-refractivity contribution is 5.90. The highest BCUT2D eigenvalue weighted by Crippen LogP contribution is 2.32. The summed E-state index contributed by atoms with van der Waals surface area (Å²) in [6, 6.07) is 0.382. The molecule has 2 fully saturated rings. The number of carbonyl (C=O) groups excluding carboxylic acids is 1. The Morgan fingerprint density at radius 3 is 2.82 bits per heavy atom. The molecule has 1 amide bonds. The Morgan fingerprint density at radius 1 is 1.35 bits per heavy atom. The van der Waals surface area contributed by atoms with Gasteiger partial charge in [0.05, 0.1) is 5.92 Å². The maximum Gasteiger partial charge on any atom is 0.292 e. The van der Waals surface area contributed by atoms with Crippen LogP contribution in [-0.4, -0.2) is 28.1 Å². The third-order valence-electron chi connectivity index (χ3n) is 3.44. The van der Waals surface area contributed by atoms with Crippen LogP contribution in [0.15, 0.2) is 4.52 Å².